The highest BCUT2D eigenvalue weighted by molar-refractivity contribution is 9.10. The molecule has 0 spiro atoms. The third kappa shape index (κ3) is 1.79. The molecule has 0 saturated carbocycles. The van der Waals surface area contributed by atoms with Gasteiger partial charge in [-0.25, -0.2) is 0 Å². The smallest absolute Gasteiger partial charge is 0.154 e. The first-order valence-electron chi connectivity index (χ1n) is 4.19. The first kappa shape index (κ1) is 10.6. The van der Waals surface area contributed by atoms with Gasteiger partial charge in [-0.1, -0.05) is 22.0 Å². The molecule has 1 N–H and O–H groups in total. The second-order valence-corrected chi connectivity index (χ2v) is 4.87. The Morgan fingerprint density at radius 2 is 1.93 bits per heavy atom. The molecular weight excluding hydrogens is 324 g/mol. The van der Waals surface area contributed by atoms with Gasteiger partial charge in [-0.3, -0.25) is 4.79 Å². The summed E-state index contributed by atoms with van der Waals surface area (Å²) in [5, 5.41) is 11.3. The van der Waals surface area contributed by atoms with Crippen LogP contribution in [0.2, 0.25) is 0 Å². The number of hydrogen-bond donors (Lipinski definition) is 1. The van der Waals surface area contributed by atoms with Crippen LogP contribution in [-0.2, 0) is 0 Å². The van der Waals surface area contributed by atoms with Gasteiger partial charge in [0, 0.05) is 4.47 Å². The van der Waals surface area contributed by atoms with Crippen molar-refractivity contribution in [3.8, 4) is 5.75 Å². The third-order valence-electron chi connectivity index (χ3n) is 2.19. The summed E-state index contributed by atoms with van der Waals surface area (Å²) < 4.78 is 1.46. The summed E-state index contributed by atoms with van der Waals surface area (Å²) in [4.78, 5) is 10.9. The molecule has 76 valence electrons. The number of fused-ring (bicyclic) bond motifs is 1. The van der Waals surface area contributed by atoms with Gasteiger partial charge in [-0.05, 0) is 44.9 Å². The van der Waals surface area contributed by atoms with Crippen LogP contribution in [0.5, 0.6) is 5.75 Å². The Morgan fingerprint density at radius 1 is 1.20 bits per heavy atom. The standard InChI is InChI=1S/C11H6Br2O2/c12-7-1-2-8-6(3-7)4-10(13)11(15)9(8)5-14/h1-5,15H. The van der Waals surface area contributed by atoms with E-state index >= 15 is 0 Å². The first-order valence-corrected chi connectivity index (χ1v) is 5.78. The van der Waals surface area contributed by atoms with E-state index in [4.69, 9.17) is 0 Å². The van der Waals surface area contributed by atoms with Gasteiger partial charge >= 0.3 is 0 Å². The van der Waals surface area contributed by atoms with Gasteiger partial charge in [0.25, 0.3) is 0 Å². The molecule has 0 bridgehead atoms. The van der Waals surface area contributed by atoms with Gasteiger partial charge < -0.3 is 5.11 Å². The van der Waals surface area contributed by atoms with Crippen LogP contribution < -0.4 is 0 Å². The number of hydrogen-bond acceptors (Lipinski definition) is 2. The highest BCUT2D eigenvalue weighted by Gasteiger charge is 2.10. The van der Waals surface area contributed by atoms with Crippen LogP contribution in [0.15, 0.2) is 33.2 Å². The van der Waals surface area contributed by atoms with E-state index in [1.165, 1.54) is 0 Å². The summed E-state index contributed by atoms with van der Waals surface area (Å²) in [6.45, 7) is 0. The predicted octanol–water partition coefficient (Wildman–Crippen LogP) is 3.88. The van der Waals surface area contributed by atoms with Crippen LogP contribution in [0.25, 0.3) is 10.8 Å². The van der Waals surface area contributed by atoms with Crippen molar-refractivity contribution in [3.63, 3.8) is 0 Å². The average molecular weight is 330 g/mol. The number of benzene rings is 2. The number of carbonyl (C=O) groups excluding carboxylic acids is 1. The third-order valence-corrected chi connectivity index (χ3v) is 3.28. The van der Waals surface area contributed by atoms with Crippen LogP contribution in [0, 0.1) is 0 Å². The lowest BCUT2D eigenvalue weighted by Gasteiger charge is -2.06. The second kappa shape index (κ2) is 3.94. The molecule has 0 amide bonds. The first-order chi connectivity index (χ1) is 7.13. The zero-order valence-electron chi connectivity index (χ0n) is 7.50. The Kier molecular flexibility index (Phi) is 2.80. The lowest BCUT2D eigenvalue weighted by molar-refractivity contribution is 0.112. The van der Waals surface area contributed by atoms with Crippen LogP contribution in [0.1, 0.15) is 10.4 Å². The Hall–Kier alpha value is -0.870. The summed E-state index contributed by atoms with van der Waals surface area (Å²) in [5.74, 6) is -0.0141. The maximum Gasteiger partial charge on any atom is 0.154 e. The zero-order valence-corrected chi connectivity index (χ0v) is 10.7. The largest absolute Gasteiger partial charge is 0.506 e. The molecule has 2 rings (SSSR count). The SMILES string of the molecule is O=Cc1c(O)c(Br)cc2cc(Br)ccc12. The summed E-state index contributed by atoms with van der Waals surface area (Å²) in [7, 11) is 0. The maximum atomic E-state index is 10.9. The topological polar surface area (TPSA) is 37.3 Å². The van der Waals surface area contributed by atoms with Crippen molar-refractivity contribution in [2.45, 2.75) is 0 Å². The Labute approximate surface area is 103 Å². The number of aromatic hydroxyl groups is 1. The van der Waals surface area contributed by atoms with Crippen molar-refractivity contribution < 1.29 is 9.90 Å². The molecule has 0 heterocycles. The molecule has 0 aliphatic rings. The van der Waals surface area contributed by atoms with E-state index in [9.17, 15) is 9.90 Å². The van der Waals surface area contributed by atoms with Crippen molar-refractivity contribution in [1.82, 2.24) is 0 Å². The summed E-state index contributed by atoms with van der Waals surface area (Å²) in [6.07, 6.45) is 0.663. The van der Waals surface area contributed by atoms with E-state index in [2.05, 4.69) is 31.9 Å². The molecule has 0 aromatic heterocycles. The summed E-state index contributed by atoms with van der Waals surface area (Å²) in [6, 6.07) is 7.31. The Bertz CT molecular complexity index is 550. The van der Waals surface area contributed by atoms with Gasteiger partial charge in [0.15, 0.2) is 6.29 Å². The maximum absolute atomic E-state index is 10.9. The van der Waals surface area contributed by atoms with Gasteiger partial charge in [0.05, 0.1) is 10.0 Å². The average Bonchev–Trinajstić information content (AvgIpc) is 2.20. The number of halogens is 2. The molecule has 0 unspecified atom stereocenters. The molecule has 0 radical (unpaired) electrons. The molecular formula is C11H6Br2O2. The lowest BCUT2D eigenvalue weighted by atomic mass is 10.0. The van der Waals surface area contributed by atoms with Crippen molar-refractivity contribution in [2.75, 3.05) is 0 Å². The monoisotopic (exact) mass is 328 g/mol. The Morgan fingerprint density at radius 3 is 2.60 bits per heavy atom. The van der Waals surface area contributed by atoms with E-state index in [1.807, 2.05) is 12.1 Å². The van der Waals surface area contributed by atoms with Gasteiger partial charge in [0.2, 0.25) is 0 Å². The predicted molar refractivity (Wildman–Crippen MR) is 66.4 cm³/mol. The number of aldehydes is 1. The molecule has 0 atom stereocenters. The van der Waals surface area contributed by atoms with Gasteiger partial charge in [0.1, 0.15) is 5.75 Å². The fourth-order valence-electron chi connectivity index (χ4n) is 1.48. The van der Waals surface area contributed by atoms with Gasteiger partial charge in [-0.15, -0.1) is 0 Å². The molecule has 0 aliphatic heterocycles. The van der Waals surface area contributed by atoms with E-state index in [1.54, 1.807) is 12.1 Å². The van der Waals surface area contributed by atoms with Crippen LogP contribution in [0.4, 0.5) is 0 Å². The molecule has 0 fully saturated rings. The molecule has 2 nitrogen and oxygen atoms in total. The van der Waals surface area contributed by atoms with Crippen LogP contribution >= 0.6 is 31.9 Å². The lowest BCUT2D eigenvalue weighted by Crippen LogP contribution is -1.86. The fraction of sp³-hybridized carbons (Fsp3) is 0. The number of phenols is 1. The molecule has 15 heavy (non-hydrogen) atoms. The minimum Gasteiger partial charge on any atom is -0.506 e. The van der Waals surface area contributed by atoms with E-state index < -0.39 is 0 Å². The fourth-order valence-corrected chi connectivity index (χ4v) is 2.32. The second-order valence-electron chi connectivity index (χ2n) is 3.10. The molecule has 4 heteroatoms. The number of carbonyl (C=O) groups is 1. The molecule has 2 aromatic carbocycles. The van der Waals surface area contributed by atoms with Crippen LogP contribution in [0.3, 0.4) is 0 Å². The quantitative estimate of drug-likeness (QED) is 0.806. The van der Waals surface area contributed by atoms with E-state index in [-0.39, 0.29) is 5.75 Å². The molecule has 0 saturated heterocycles. The van der Waals surface area contributed by atoms with Crippen molar-refractivity contribution in [3.05, 3.63) is 38.8 Å². The van der Waals surface area contributed by atoms with Crippen molar-refractivity contribution >= 4 is 48.9 Å². The highest BCUT2D eigenvalue weighted by Crippen LogP contribution is 2.34. The van der Waals surface area contributed by atoms with E-state index in [0.717, 1.165) is 15.2 Å². The van der Waals surface area contributed by atoms with E-state index in [0.29, 0.717) is 16.3 Å². The number of rotatable bonds is 1. The van der Waals surface area contributed by atoms with Crippen LogP contribution in [-0.4, -0.2) is 11.4 Å². The molecule has 0 aliphatic carbocycles. The summed E-state index contributed by atoms with van der Waals surface area (Å²) in [5.41, 5.74) is 0.312. The number of phenolic OH excluding ortho intramolecular Hbond substituents is 1. The Balaban J connectivity index is 2.94. The zero-order chi connectivity index (χ0) is 11.0. The van der Waals surface area contributed by atoms with Crippen molar-refractivity contribution in [2.24, 2.45) is 0 Å². The minimum absolute atomic E-state index is 0.0141. The normalized spacial score (nSPS) is 10.5. The highest BCUT2D eigenvalue weighted by atomic mass is 79.9. The van der Waals surface area contributed by atoms with Gasteiger partial charge in [-0.2, -0.15) is 0 Å². The molecule has 2 aromatic rings. The minimum atomic E-state index is -0.0141. The van der Waals surface area contributed by atoms with Crippen molar-refractivity contribution in [1.29, 1.82) is 0 Å². The summed E-state index contributed by atoms with van der Waals surface area (Å²) >= 11 is 6.56.